The van der Waals surface area contributed by atoms with Gasteiger partial charge in [0.05, 0.1) is 11.1 Å². The molecule has 0 aromatic heterocycles. The maximum Gasteiger partial charge on any atom is 0.240 e. The lowest BCUT2D eigenvalue weighted by atomic mass is 9.82. The average molecular weight is 277 g/mol. The monoisotopic (exact) mass is 276 g/mol. The number of hydrogen-bond donors (Lipinski definition) is 2. The fourth-order valence-electron chi connectivity index (χ4n) is 2.83. The van der Waals surface area contributed by atoms with Crippen LogP contribution in [0.2, 0.25) is 0 Å². The Bertz CT molecular complexity index is 285. The summed E-state index contributed by atoms with van der Waals surface area (Å²) in [6, 6.07) is 0. The maximum absolute atomic E-state index is 12.1. The Hall–Kier alpha value is -0.320. The molecule has 1 saturated heterocycles. The Morgan fingerprint density at radius 2 is 1.89 bits per heavy atom. The van der Waals surface area contributed by atoms with Crippen molar-refractivity contribution in [3.63, 3.8) is 0 Å². The number of nitrogens with two attached hydrogens (primary N) is 1. The third-order valence-corrected chi connectivity index (χ3v) is 4.12. The standard InChI is InChI=1S/C13H24N2O2.ClH/c1-12(6-5-9-17-12)10-15-11(16)13(14)7-3-2-4-8-13;/h2-10,14H2,1H3,(H,15,16);1H. The van der Waals surface area contributed by atoms with Crippen LogP contribution in [0.3, 0.4) is 0 Å². The number of nitrogens with one attached hydrogen (secondary N) is 1. The van der Waals surface area contributed by atoms with Crippen molar-refractivity contribution in [1.82, 2.24) is 5.32 Å². The first-order valence-electron chi connectivity index (χ1n) is 6.75. The van der Waals surface area contributed by atoms with Crippen LogP contribution in [0.15, 0.2) is 0 Å². The molecule has 5 heteroatoms. The smallest absolute Gasteiger partial charge is 0.240 e. The Kier molecular flexibility index (Phi) is 5.44. The Morgan fingerprint density at radius 1 is 1.22 bits per heavy atom. The average Bonchev–Trinajstić information content (AvgIpc) is 2.75. The van der Waals surface area contributed by atoms with Gasteiger partial charge in [0, 0.05) is 13.2 Å². The van der Waals surface area contributed by atoms with Crippen LogP contribution in [0.5, 0.6) is 0 Å². The molecule has 4 nitrogen and oxygen atoms in total. The second kappa shape index (κ2) is 6.22. The summed E-state index contributed by atoms with van der Waals surface area (Å²) in [6.45, 7) is 3.45. The molecule has 106 valence electrons. The lowest BCUT2D eigenvalue weighted by molar-refractivity contribution is -0.128. The Balaban J connectivity index is 0.00000162. The summed E-state index contributed by atoms with van der Waals surface area (Å²) >= 11 is 0. The molecule has 1 unspecified atom stereocenters. The Labute approximate surface area is 115 Å². The van der Waals surface area contributed by atoms with Gasteiger partial charge in [0.25, 0.3) is 0 Å². The summed E-state index contributed by atoms with van der Waals surface area (Å²) in [4.78, 5) is 12.1. The van der Waals surface area contributed by atoms with Gasteiger partial charge in [-0.25, -0.2) is 0 Å². The minimum atomic E-state index is -0.632. The number of halogens is 1. The third kappa shape index (κ3) is 3.59. The fourth-order valence-corrected chi connectivity index (χ4v) is 2.83. The molecule has 2 fully saturated rings. The van der Waals surface area contributed by atoms with Crippen LogP contribution in [-0.4, -0.2) is 30.2 Å². The van der Waals surface area contributed by atoms with E-state index in [1.165, 1.54) is 6.42 Å². The molecule has 0 bridgehead atoms. The summed E-state index contributed by atoms with van der Waals surface area (Å²) in [6.07, 6.45) is 7.07. The molecule has 0 aromatic rings. The minimum Gasteiger partial charge on any atom is -0.373 e. The topological polar surface area (TPSA) is 64.4 Å². The van der Waals surface area contributed by atoms with E-state index in [1.807, 2.05) is 0 Å². The number of carbonyl (C=O) groups excluding carboxylic acids is 1. The van der Waals surface area contributed by atoms with E-state index < -0.39 is 5.54 Å². The molecule has 1 saturated carbocycles. The highest BCUT2D eigenvalue weighted by Gasteiger charge is 2.37. The molecule has 0 spiro atoms. The van der Waals surface area contributed by atoms with E-state index in [1.54, 1.807) is 0 Å². The van der Waals surface area contributed by atoms with Gasteiger partial charge >= 0.3 is 0 Å². The molecular formula is C13H25ClN2O2. The highest BCUT2D eigenvalue weighted by atomic mass is 35.5. The first-order valence-corrected chi connectivity index (χ1v) is 6.75. The largest absolute Gasteiger partial charge is 0.373 e. The normalized spacial score (nSPS) is 30.6. The van der Waals surface area contributed by atoms with E-state index >= 15 is 0 Å². The van der Waals surface area contributed by atoms with Gasteiger partial charge in [-0.1, -0.05) is 19.3 Å². The van der Waals surface area contributed by atoms with Gasteiger partial charge in [0.15, 0.2) is 0 Å². The van der Waals surface area contributed by atoms with Crippen LogP contribution in [0.4, 0.5) is 0 Å². The molecule has 1 heterocycles. The van der Waals surface area contributed by atoms with Crippen molar-refractivity contribution in [2.45, 2.75) is 63.0 Å². The van der Waals surface area contributed by atoms with E-state index in [0.29, 0.717) is 6.54 Å². The van der Waals surface area contributed by atoms with Crippen molar-refractivity contribution in [1.29, 1.82) is 0 Å². The molecule has 0 aromatic carbocycles. The highest BCUT2D eigenvalue weighted by molar-refractivity contribution is 5.86. The Morgan fingerprint density at radius 3 is 2.44 bits per heavy atom. The minimum absolute atomic E-state index is 0. The van der Waals surface area contributed by atoms with Crippen molar-refractivity contribution < 1.29 is 9.53 Å². The lowest BCUT2D eigenvalue weighted by Crippen LogP contribution is -2.57. The molecule has 1 amide bonds. The van der Waals surface area contributed by atoms with Crippen molar-refractivity contribution in [2.24, 2.45) is 5.73 Å². The molecule has 2 aliphatic rings. The summed E-state index contributed by atoms with van der Waals surface area (Å²) in [7, 11) is 0. The fraction of sp³-hybridized carbons (Fsp3) is 0.923. The van der Waals surface area contributed by atoms with Crippen molar-refractivity contribution >= 4 is 18.3 Å². The zero-order valence-electron chi connectivity index (χ0n) is 11.2. The number of amides is 1. The van der Waals surface area contributed by atoms with Crippen LogP contribution < -0.4 is 11.1 Å². The van der Waals surface area contributed by atoms with Gasteiger partial charge in [0.1, 0.15) is 0 Å². The van der Waals surface area contributed by atoms with Crippen molar-refractivity contribution in [3.8, 4) is 0 Å². The van der Waals surface area contributed by atoms with Gasteiger partial charge in [0.2, 0.25) is 5.91 Å². The molecule has 2 rings (SSSR count). The predicted molar refractivity (Wildman–Crippen MR) is 73.9 cm³/mol. The SMILES string of the molecule is CC1(CNC(=O)C2(N)CCCCC2)CCCO1.Cl. The summed E-state index contributed by atoms with van der Waals surface area (Å²) < 4.78 is 5.66. The van der Waals surface area contributed by atoms with Gasteiger partial charge in [-0.3, -0.25) is 4.79 Å². The number of hydrogen-bond acceptors (Lipinski definition) is 3. The molecular weight excluding hydrogens is 252 g/mol. The molecule has 3 N–H and O–H groups in total. The first kappa shape index (κ1) is 15.7. The van der Waals surface area contributed by atoms with Crippen molar-refractivity contribution in [2.75, 3.05) is 13.2 Å². The zero-order valence-corrected chi connectivity index (χ0v) is 12.0. The van der Waals surface area contributed by atoms with Crippen LogP contribution in [-0.2, 0) is 9.53 Å². The number of carbonyl (C=O) groups is 1. The number of rotatable bonds is 3. The third-order valence-electron chi connectivity index (χ3n) is 4.12. The highest BCUT2D eigenvalue weighted by Crippen LogP contribution is 2.27. The van der Waals surface area contributed by atoms with Gasteiger partial charge < -0.3 is 15.8 Å². The van der Waals surface area contributed by atoms with Crippen LogP contribution >= 0.6 is 12.4 Å². The summed E-state index contributed by atoms with van der Waals surface area (Å²) in [5.74, 6) is 0.00826. The molecule has 1 atom stereocenters. The zero-order chi connectivity index (χ0) is 12.4. The van der Waals surface area contributed by atoms with Crippen molar-refractivity contribution in [3.05, 3.63) is 0 Å². The molecule has 0 radical (unpaired) electrons. The second-order valence-electron chi connectivity index (χ2n) is 5.80. The molecule has 18 heavy (non-hydrogen) atoms. The lowest BCUT2D eigenvalue weighted by Gasteiger charge is -2.33. The van der Waals surface area contributed by atoms with E-state index in [4.69, 9.17) is 10.5 Å². The van der Waals surface area contributed by atoms with Crippen LogP contribution in [0, 0.1) is 0 Å². The molecule has 1 aliphatic carbocycles. The second-order valence-corrected chi connectivity index (χ2v) is 5.80. The molecule has 1 aliphatic heterocycles. The van der Waals surface area contributed by atoms with Crippen LogP contribution in [0.1, 0.15) is 51.9 Å². The van der Waals surface area contributed by atoms with E-state index in [2.05, 4.69) is 12.2 Å². The predicted octanol–water partition coefficient (Wildman–Crippen LogP) is 1.76. The van der Waals surface area contributed by atoms with E-state index in [0.717, 1.165) is 45.1 Å². The van der Waals surface area contributed by atoms with Gasteiger partial charge in [-0.2, -0.15) is 0 Å². The van der Waals surface area contributed by atoms with E-state index in [-0.39, 0.29) is 23.9 Å². The van der Waals surface area contributed by atoms with E-state index in [9.17, 15) is 4.79 Å². The maximum atomic E-state index is 12.1. The van der Waals surface area contributed by atoms with Gasteiger partial charge in [-0.05, 0) is 32.6 Å². The van der Waals surface area contributed by atoms with Crippen LogP contribution in [0.25, 0.3) is 0 Å². The summed E-state index contributed by atoms with van der Waals surface area (Å²) in [5, 5.41) is 2.99. The summed E-state index contributed by atoms with van der Waals surface area (Å²) in [5.41, 5.74) is 5.37. The van der Waals surface area contributed by atoms with Gasteiger partial charge in [-0.15, -0.1) is 12.4 Å². The first-order chi connectivity index (χ1) is 8.04. The quantitative estimate of drug-likeness (QED) is 0.825. The number of ether oxygens (including phenoxy) is 1.